The highest BCUT2D eigenvalue weighted by Gasteiger charge is 2.39. The molecule has 3 fully saturated rings. The van der Waals surface area contributed by atoms with Gasteiger partial charge in [0.25, 0.3) is 0 Å². The number of hydrogen-bond acceptors (Lipinski definition) is 3. The van der Waals surface area contributed by atoms with Gasteiger partial charge in [0.1, 0.15) is 0 Å². The topological polar surface area (TPSA) is 49.8 Å². The molecule has 1 heterocycles. The molecule has 1 aliphatic heterocycles. The normalized spacial score (nSPS) is 25.9. The lowest BCUT2D eigenvalue weighted by Gasteiger charge is -2.46. The van der Waals surface area contributed by atoms with Crippen LogP contribution in [0.1, 0.15) is 77.6 Å². The maximum atomic E-state index is 11.6. The summed E-state index contributed by atoms with van der Waals surface area (Å²) in [4.78, 5) is 13.6. The molecule has 3 aliphatic rings. The first-order valence-corrected chi connectivity index (χ1v) is 10.5. The number of carbonyl (C=O) groups excluding carboxylic acids is 1. The Bertz CT molecular complexity index is 383. The van der Waals surface area contributed by atoms with Gasteiger partial charge in [-0.25, -0.2) is 0 Å². The molecule has 0 aromatic carbocycles. The van der Waals surface area contributed by atoms with E-state index in [9.17, 15) is 4.79 Å². The molecule has 25 heavy (non-hydrogen) atoms. The SMILES string of the molecule is CCCC(=O)N1CCCC(COC)C1.OCC1CCC2(CCC2)CC1. The van der Waals surface area contributed by atoms with E-state index >= 15 is 0 Å². The van der Waals surface area contributed by atoms with Gasteiger partial charge in [0, 0.05) is 33.2 Å². The lowest BCUT2D eigenvalue weighted by Crippen LogP contribution is -2.40. The van der Waals surface area contributed by atoms with Crippen molar-refractivity contribution < 1.29 is 14.6 Å². The Labute approximate surface area is 154 Å². The highest BCUT2D eigenvalue weighted by atomic mass is 16.5. The van der Waals surface area contributed by atoms with E-state index in [2.05, 4.69) is 6.92 Å². The van der Waals surface area contributed by atoms with Crippen molar-refractivity contribution in [2.24, 2.45) is 17.3 Å². The van der Waals surface area contributed by atoms with E-state index in [0.717, 1.165) is 38.0 Å². The van der Waals surface area contributed by atoms with E-state index in [1.54, 1.807) is 7.11 Å². The molecule has 2 aliphatic carbocycles. The molecular weight excluding hydrogens is 314 g/mol. The third-order valence-electron chi connectivity index (χ3n) is 6.58. The lowest BCUT2D eigenvalue weighted by atomic mass is 9.59. The van der Waals surface area contributed by atoms with Gasteiger partial charge in [0.05, 0.1) is 6.61 Å². The van der Waals surface area contributed by atoms with E-state index in [-0.39, 0.29) is 0 Å². The van der Waals surface area contributed by atoms with Gasteiger partial charge in [0.2, 0.25) is 5.91 Å². The van der Waals surface area contributed by atoms with Gasteiger partial charge in [-0.3, -0.25) is 4.79 Å². The largest absolute Gasteiger partial charge is 0.396 e. The molecule has 146 valence electrons. The van der Waals surface area contributed by atoms with E-state index in [4.69, 9.17) is 9.84 Å². The van der Waals surface area contributed by atoms with Crippen molar-refractivity contribution in [2.75, 3.05) is 33.4 Å². The number of rotatable bonds is 5. The Balaban J connectivity index is 0.000000185. The lowest BCUT2D eigenvalue weighted by molar-refractivity contribution is -0.133. The second kappa shape index (κ2) is 10.5. The molecule has 1 amide bonds. The summed E-state index contributed by atoms with van der Waals surface area (Å²) in [6.07, 6.45) is 13.8. The molecule has 0 aromatic heterocycles. The van der Waals surface area contributed by atoms with Crippen molar-refractivity contribution in [3.8, 4) is 0 Å². The summed E-state index contributed by atoms with van der Waals surface area (Å²) in [6, 6.07) is 0. The minimum atomic E-state index is 0.313. The number of amides is 1. The summed E-state index contributed by atoms with van der Waals surface area (Å²) in [5.74, 6) is 1.50. The van der Waals surface area contributed by atoms with Gasteiger partial charge in [-0.2, -0.15) is 0 Å². The third-order valence-corrected chi connectivity index (χ3v) is 6.58. The summed E-state index contributed by atoms with van der Waals surface area (Å²) in [5, 5.41) is 8.95. The Morgan fingerprint density at radius 1 is 1.12 bits per heavy atom. The zero-order valence-corrected chi connectivity index (χ0v) is 16.5. The summed E-state index contributed by atoms with van der Waals surface area (Å²) >= 11 is 0. The fourth-order valence-electron chi connectivity index (χ4n) is 4.68. The zero-order valence-electron chi connectivity index (χ0n) is 16.5. The number of hydrogen-bond donors (Lipinski definition) is 1. The number of carbonyl (C=O) groups is 1. The van der Waals surface area contributed by atoms with Gasteiger partial charge in [0.15, 0.2) is 0 Å². The predicted octanol–water partition coefficient (Wildman–Crippen LogP) is 4.01. The number of aliphatic hydroxyl groups is 1. The average Bonchev–Trinajstić information content (AvgIpc) is 2.62. The van der Waals surface area contributed by atoms with Crippen molar-refractivity contribution in [3.63, 3.8) is 0 Å². The number of nitrogens with zero attached hydrogens (tertiary/aromatic N) is 1. The van der Waals surface area contributed by atoms with Crippen LogP contribution in [0.25, 0.3) is 0 Å². The van der Waals surface area contributed by atoms with Crippen LogP contribution in [0, 0.1) is 17.3 Å². The number of likely N-dealkylation sites (tertiary alicyclic amines) is 1. The van der Waals surface area contributed by atoms with Crippen LogP contribution in [-0.4, -0.2) is 49.3 Å². The van der Waals surface area contributed by atoms with Crippen LogP contribution in [0.2, 0.25) is 0 Å². The molecule has 1 saturated heterocycles. The molecule has 4 nitrogen and oxygen atoms in total. The van der Waals surface area contributed by atoms with Crippen LogP contribution in [0.15, 0.2) is 0 Å². The molecule has 4 heteroatoms. The van der Waals surface area contributed by atoms with Crippen molar-refractivity contribution in [2.45, 2.75) is 77.6 Å². The van der Waals surface area contributed by atoms with Crippen molar-refractivity contribution in [1.82, 2.24) is 4.90 Å². The fraction of sp³-hybridized carbons (Fsp3) is 0.952. The van der Waals surface area contributed by atoms with E-state index in [1.807, 2.05) is 4.90 Å². The molecule has 0 radical (unpaired) electrons. The van der Waals surface area contributed by atoms with Crippen LogP contribution < -0.4 is 0 Å². The van der Waals surface area contributed by atoms with Crippen LogP contribution >= 0.6 is 0 Å². The van der Waals surface area contributed by atoms with Gasteiger partial charge >= 0.3 is 0 Å². The highest BCUT2D eigenvalue weighted by Crippen LogP contribution is 2.52. The maximum Gasteiger partial charge on any atom is 0.222 e. The predicted molar refractivity (Wildman–Crippen MR) is 101 cm³/mol. The molecule has 1 atom stereocenters. The van der Waals surface area contributed by atoms with Gasteiger partial charge < -0.3 is 14.7 Å². The van der Waals surface area contributed by atoms with Gasteiger partial charge in [-0.05, 0) is 75.0 Å². The molecule has 3 rings (SSSR count). The van der Waals surface area contributed by atoms with E-state index < -0.39 is 0 Å². The summed E-state index contributed by atoms with van der Waals surface area (Å²) in [5.41, 5.74) is 0.770. The fourth-order valence-corrected chi connectivity index (χ4v) is 4.68. The van der Waals surface area contributed by atoms with Crippen LogP contribution in [0.4, 0.5) is 0 Å². The molecule has 1 unspecified atom stereocenters. The summed E-state index contributed by atoms with van der Waals surface area (Å²) in [6.45, 7) is 5.10. The first-order chi connectivity index (χ1) is 12.1. The standard InChI is InChI=1S/C11H21NO2.C10H18O/c1-3-5-11(13)12-7-4-6-10(8-12)9-14-2;11-8-9-2-6-10(7-3-9)4-1-5-10/h10H,3-9H2,1-2H3;9,11H,1-8H2. The minimum absolute atomic E-state index is 0.313. The Morgan fingerprint density at radius 2 is 1.84 bits per heavy atom. The van der Waals surface area contributed by atoms with Gasteiger partial charge in [-0.15, -0.1) is 0 Å². The number of methoxy groups -OCH3 is 1. The molecule has 2 saturated carbocycles. The van der Waals surface area contributed by atoms with Gasteiger partial charge in [-0.1, -0.05) is 13.3 Å². The monoisotopic (exact) mass is 353 g/mol. The van der Waals surface area contributed by atoms with E-state index in [0.29, 0.717) is 30.8 Å². The molecule has 1 N–H and O–H groups in total. The Kier molecular flexibility index (Phi) is 8.71. The number of ether oxygens (including phenoxy) is 1. The Hall–Kier alpha value is -0.610. The van der Waals surface area contributed by atoms with E-state index in [1.165, 1.54) is 51.4 Å². The first kappa shape index (κ1) is 20.7. The maximum absolute atomic E-state index is 11.6. The van der Waals surface area contributed by atoms with Crippen LogP contribution in [-0.2, 0) is 9.53 Å². The van der Waals surface area contributed by atoms with Crippen molar-refractivity contribution in [1.29, 1.82) is 0 Å². The smallest absolute Gasteiger partial charge is 0.222 e. The summed E-state index contributed by atoms with van der Waals surface area (Å²) in [7, 11) is 1.73. The second-order valence-electron chi connectivity index (χ2n) is 8.53. The average molecular weight is 354 g/mol. The highest BCUT2D eigenvalue weighted by molar-refractivity contribution is 5.76. The number of aliphatic hydroxyl groups excluding tert-OH is 1. The summed E-state index contributed by atoms with van der Waals surface area (Å²) < 4.78 is 5.13. The van der Waals surface area contributed by atoms with Crippen LogP contribution in [0.3, 0.4) is 0 Å². The molecule has 1 spiro atoms. The molecular formula is C21H39NO3. The number of piperidine rings is 1. The first-order valence-electron chi connectivity index (χ1n) is 10.5. The second-order valence-corrected chi connectivity index (χ2v) is 8.53. The zero-order chi connectivity index (χ0) is 18.1. The third kappa shape index (κ3) is 6.25. The van der Waals surface area contributed by atoms with Crippen LogP contribution in [0.5, 0.6) is 0 Å². The van der Waals surface area contributed by atoms with Crippen molar-refractivity contribution in [3.05, 3.63) is 0 Å². The Morgan fingerprint density at radius 3 is 2.36 bits per heavy atom. The quantitative estimate of drug-likeness (QED) is 0.812. The molecule has 0 bridgehead atoms. The molecule has 0 aromatic rings. The minimum Gasteiger partial charge on any atom is -0.396 e. The van der Waals surface area contributed by atoms with Crippen molar-refractivity contribution >= 4 is 5.91 Å².